The van der Waals surface area contributed by atoms with E-state index in [2.05, 4.69) is 0 Å². The SMILES string of the molecule is O=c1cc(Cl)c2cc(=Nc3ccc(OCc4ccccc4)cc3)c3c(O)cc(Cl)c4cc(Cl)c1c-2c43. The summed E-state index contributed by atoms with van der Waals surface area (Å²) < 4.78 is 5.87. The maximum Gasteiger partial charge on any atom is 0.189 e. The summed E-state index contributed by atoms with van der Waals surface area (Å²) in [7, 11) is 0. The first-order valence-corrected chi connectivity index (χ1v) is 12.2. The molecule has 0 heterocycles. The van der Waals surface area contributed by atoms with E-state index in [4.69, 9.17) is 44.5 Å². The highest BCUT2D eigenvalue weighted by Crippen LogP contribution is 2.46. The summed E-state index contributed by atoms with van der Waals surface area (Å²) in [5, 5.41) is 14.3. The minimum atomic E-state index is -0.295. The van der Waals surface area contributed by atoms with Crippen LogP contribution in [0.3, 0.4) is 0 Å². The van der Waals surface area contributed by atoms with Gasteiger partial charge in [0.2, 0.25) is 0 Å². The van der Waals surface area contributed by atoms with Gasteiger partial charge in [-0.3, -0.25) is 4.79 Å². The second-order valence-corrected chi connectivity index (χ2v) is 9.68. The molecular formula is C29H16Cl3NO3. The van der Waals surface area contributed by atoms with Crippen molar-refractivity contribution in [2.75, 3.05) is 0 Å². The van der Waals surface area contributed by atoms with Crippen LogP contribution in [-0.4, -0.2) is 5.11 Å². The fourth-order valence-electron chi connectivity index (χ4n) is 4.59. The predicted octanol–water partition coefficient (Wildman–Crippen LogP) is 7.81. The fraction of sp³-hybridized carbons (Fsp3) is 0.0345. The molecule has 0 radical (unpaired) electrons. The Bertz CT molecular complexity index is 1840. The molecule has 4 aromatic rings. The van der Waals surface area contributed by atoms with E-state index in [-0.39, 0.29) is 21.2 Å². The van der Waals surface area contributed by atoms with Crippen molar-refractivity contribution in [1.29, 1.82) is 0 Å². The number of rotatable bonds is 4. The molecule has 0 aliphatic heterocycles. The molecule has 0 saturated heterocycles. The smallest absolute Gasteiger partial charge is 0.189 e. The number of hydrogen-bond acceptors (Lipinski definition) is 4. The molecule has 0 atom stereocenters. The van der Waals surface area contributed by atoms with Crippen molar-refractivity contribution in [2.24, 2.45) is 4.99 Å². The average molecular weight is 533 g/mol. The first kappa shape index (κ1) is 22.9. The van der Waals surface area contributed by atoms with E-state index >= 15 is 0 Å². The van der Waals surface area contributed by atoms with E-state index in [9.17, 15) is 9.90 Å². The van der Waals surface area contributed by atoms with Gasteiger partial charge in [0, 0.05) is 33.4 Å². The largest absolute Gasteiger partial charge is 0.507 e. The number of aromatic hydroxyl groups is 1. The summed E-state index contributed by atoms with van der Waals surface area (Å²) >= 11 is 19.5. The van der Waals surface area contributed by atoms with Crippen molar-refractivity contribution >= 4 is 62.0 Å². The quantitative estimate of drug-likeness (QED) is 0.236. The van der Waals surface area contributed by atoms with E-state index in [1.165, 1.54) is 12.1 Å². The number of benzene rings is 6. The zero-order chi connectivity index (χ0) is 25.0. The van der Waals surface area contributed by atoms with Crippen LogP contribution >= 0.6 is 34.8 Å². The topological polar surface area (TPSA) is 58.9 Å². The van der Waals surface area contributed by atoms with Crippen LogP contribution in [0.1, 0.15) is 5.56 Å². The summed E-state index contributed by atoms with van der Waals surface area (Å²) in [4.78, 5) is 17.5. The maximum absolute atomic E-state index is 12.7. The molecule has 0 spiro atoms. The van der Waals surface area contributed by atoms with Crippen LogP contribution in [0.25, 0.3) is 32.7 Å². The third kappa shape index (κ3) is 3.79. The normalized spacial score (nSPS) is 12.2. The number of hydrogen-bond donors (Lipinski definition) is 1. The molecule has 4 nitrogen and oxygen atoms in total. The highest BCUT2D eigenvalue weighted by atomic mass is 35.5. The number of nitrogens with zero attached hydrogens (tertiary/aromatic N) is 1. The Morgan fingerprint density at radius 2 is 1.53 bits per heavy atom. The highest BCUT2D eigenvalue weighted by molar-refractivity contribution is 6.43. The van der Waals surface area contributed by atoms with Gasteiger partial charge < -0.3 is 9.84 Å². The van der Waals surface area contributed by atoms with Gasteiger partial charge in [-0.2, -0.15) is 0 Å². The maximum atomic E-state index is 12.7. The second-order valence-electron chi connectivity index (χ2n) is 8.46. The molecule has 0 fully saturated rings. The molecule has 0 amide bonds. The molecule has 0 saturated carbocycles. The van der Waals surface area contributed by atoms with Gasteiger partial charge in [0.05, 0.1) is 31.5 Å². The predicted molar refractivity (Wildman–Crippen MR) is 146 cm³/mol. The van der Waals surface area contributed by atoms with Crippen molar-refractivity contribution in [2.45, 2.75) is 6.61 Å². The minimum Gasteiger partial charge on any atom is -0.507 e. The molecule has 4 aromatic carbocycles. The van der Waals surface area contributed by atoms with Crippen LogP contribution in [0.2, 0.25) is 15.1 Å². The van der Waals surface area contributed by atoms with E-state index in [0.29, 0.717) is 61.1 Å². The Kier molecular flexibility index (Phi) is 5.60. The highest BCUT2D eigenvalue weighted by Gasteiger charge is 2.24. The number of ether oxygens (including phenoxy) is 1. The number of phenols is 1. The van der Waals surface area contributed by atoms with Crippen molar-refractivity contribution in [1.82, 2.24) is 0 Å². The minimum absolute atomic E-state index is 0.0491. The van der Waals surface area contributed by atoms with Gasteiger partial charge in [-0.05, 0) is 48.0 Å². The Hall–Kier alpha value is -3.57. The van der Waals surface area contributed by atoms with Crippen molar-refractivity contribution in [3.05, 3.63) is 115 Å². The van der Waals surface area contributed by atoms with Crippen molar-refractivity contribution in [3.8, 4) is 22.6 Å². The van der Waals surface area contributed by atoms with Crippen molar-refractivity contribution < 1.29 is 9.84 Å². The lowest BCUT2D eigenvalue weighted by molar-refractivity contribution is 0.306. The van der Waals surface area contributed by atoms with Gasteiger partial charge in [-0.15, -0.1) is 0 Å². The van der Waals surface area contributed by atoms with Gasteiger partial charge in [0.1, 0.15) is 18.1 Å². The zero-order valence-electron chi connectivity index (χ0n) is 18.6. The van der Waals surface area contributed by atoms with Crippen LogP contribution in [0.5, 0.6) is 11.5 Å². The average Bonchev–Trinajstić information content (AvgIpc) is 2.86. The molecule has 0 aromatic heterocycles. The molecule has 36 heavy (non-hydrogen) atoms. The van der Waals surface area contributed by atoms with Crippen LogP contribution in [0.4, 0.5) is 5.69 Å². The molecule has 2 aliphatic carbocycles. The van der Waals surface area contributed by atoms with Gasteiger partial charge in [-0.1, -0.05) is 65.1 Å². The molecule has 6 rings (SSSR count). The molecule has 176 valence electrons. The van der Waals surface area contributed by atoms with Gasteiger partial charge in [-0.25, -0.2) is 4.99 Å². The van der Waals surface area contributed by atoms with E-state index in [1.54, 1.807) is 12.1 Å². The lowest BCUT2D eigenvalue weighted by atomic mass is 9.88. The second kappa shape index (κ2) is 8.82. The Morgan fingerprint density at radius 1 is 0.778 bits per heavy atom. The van der Waals surface area contributed by atoms with Crippen LogP contribution < -0.4 is 15.5 Å². The van der Waals surface area contributed by atoms with E-state index < -0.39 is 0 Å². The fourth-order valence-corrected chi connectivity index (χ4v) is 5.38. The molecule has 0 unspecified atom stereocenters. The summed E-state index contributed by atoms with van der Waals surface area (Å²) in [6, 6.07) is 23.5. The molecular weight excluding hydrogens is 517 g/mol. The molecule has 2 aliphatic rings. The summed E-state index contributed by atoms with van der Waals surface area (Å²) in [5.74, 6) is 0.662. The van der Waals surface area contributed by atoms with Gasteiger partial charge in [0.25, 0.3) is 0 Å². The molecule has 1 N–H and O–H groups in total. The molecule has 0 bridgehead atoms. The van der Waals surface area contributed by atoms with Gasteiger partial charge >= 0.3 is 0 Å². The zero-order valence-corrected chi connectivity index (χ0v) is 20.8. The van der Waals surface area contributed by atoms with Crippen LogP contribution in [-0.2, 0) is 6.61 Å². The van der Waals surface area contributed by atoms with Crippen LogP contribution in [0, 0.1) is 0 Å². The summed E-state index contributed by atoms with van der Waals surface area (Å²) in [6.45, 7) is 0.461. The lowest BCUT2D eigenvalue weighted by Crippen LogP contribution is -2.11. The Balaban J connectivity index is 1.53. The van der Waals surface area contributed by atoms with Crippen LogP contribution in [0.15, 0.2) is 88.6 Å². The van der Waals surface area contributed by atoms with Gasteiger partial charge in [0.15, 0.2) is 5.43 Å². The first-order valence-electron chi connectivity index (χ1n) is 11.1. The summed E-state index contributed by atoms with van der Waals surface area (Å²) in [5.41, 5.74) is 2.60. The third-order valence-corrected chi connectivity index (χ3v) is 7.13. The number of halogens is 3. The standard InChI is InChI=1S/C29H16Cl3NO3/c30-20-13-25(35)29-23(33-16-6-8-17(9-7-16)36-14-15-4-2-1-3-5-15)11-19-21(31)12-24(34)28-22(32)10-18(20)27(29)26(19)28/h1-13,35H,14H2. The van der Waals surface area contributed by atoms with E-state index in [1.807, 2.05) is 54.6 Å². The molecule has 7 heteroatoms. The Morgan fingerprint density at radius 3 is 2.28 bits per heavy atom. The summed E-state index contributed by atoms with van der Waals surface area (Å²) in [6.07, 6.45) is 0. The lowest BCUT2D eigenvalue weighted by Gasteiger charge is -2.19. The Labute approximate surface area is 220 Å². The number of phenolic OH excluding ortho intramolecular Hbond substituents is 1. The monoisotopic (exact) mass is 531 g/mol. The van der Waals surface area contributed by atoms with E-state index in [0.717, 1.165) is 5.56 Å². The van der Waals surface area contributed by atoms with Crippen molar-refractivity contribution in [3.63, 3.8) is 0 Å². The third-order valence-electron chi connectivity index (χ3n) is 6.21. The first-order chi connectivity index (χ1) is 17.4.